The molecule has 2 aromatic rings. The van der Waals surface area contributed by atoms with Gasteiger partial charge in [0.05, 0.1) is 12.4 Å². The molecule has 3 amide bonds. The molecular weight excluding hydrogens is 540 g/mol. The van der Waals surface area contributed by atoms with Crippen molar-refractivity contribution in [3.63, 3.8) is 0 Å². The number of nitrogen functional groups attached to an aromatic ring is 1. The molecule has 2 aromatic heterocycles. The lowest BCUT2D eigenvalue weighted by molar-refractivity contribution is -0.150. The van der Waals surface area contributed by atoms with E-state index in [-0.39, 0.29) is 30.6 Å². The summed E-state index contributed by atoms with van der Waals surface area (Å²) >= 11 is 0. The lowest BCUT2D eigenvalue weighted by Crippen LogP contribution is -2.45. The van der Waals surface area contributed by atoms with Crippen LogP contribution in [0.1, 0.15) is 76.5 Å². The van der Waals surface area contributed by atoms with Crippen LogP contribution in [0.25, 0.3) is 11.2 Å². The molecular formula is C29H40N8O5. The first-order chi connectivity index (χ1) is 20.3. The van der Waals surface area contributed by atoms with Crippen molar-refractivity contribution < 1.29 is 23.9 Å². The van der Waals surface area contributed by atoms with Crippen LogP contribution in [0.15, 0.2) is 6.33 Å². The number of ether oxygens (including phenoxy) is 2. The Hall–Kier alpha value is -3.48. The highest BCUT2D eigenvalue weighted by Gasteiger charge is 2.61. The molecule has 7 rings (SSSR count). The monoisotopic (exact) mass is 580 g/mol. The Labute approximate surface area is 244 Å². The van der Waals surface area contributed by atoms with Gasteiger partial charge >= 0.3 is 6.09 Å². The molecule has 2 bridgehead atoms. The minimum absolute atomic E-state index is 0.0147. The number of hydrogen-bond acceptors (Lipinski definition) is 9. The number of carbonyl (C=O) groups is 3. The van der Waals surface area contributed by atoms with E-state index < -0.39 is 11.3 Å². The fraction of sp³-hybridized carbons (Fsp3) is 0.724. The van der Waals surface area contributed by atoms with Crippen LogP contribution < -0.4 is 11.1 Å². The number of aromatic nitrogens is 4. The Kier molecular flexibility index (Phi) is 6.74. The van der Waals surface area contributed by atoms with Crippen molar-refractivity contribution >= 4 is 34.9 Å². The first kappa shape index (κ1) is 27.4. The number of likely N-dealkylation sites (N-methyl/N-ethyl adjacent to an activating group) is 1. The number of nitrogens with zero attached hydrogens (tertiary/aromatic N) is 6. The fourth-order valence-corrected chi connectivity index (χ4v) is 7.15. The summed E-state index contributed by atoms with van der Waals surface area (Å²) in [4.78, 5) is 54.7. The average Bonchev–Trinajstić information content (AvgIpc) is 3.30. The lowest BCUT2D eigenvalue weighted by atomic mass is 9.85. The molecule has 1 unspecified atom stereocenters. The van der Waals surface area contributed by atoms with Crippen LogP contribution in [-0.2, 0) is 31.2 Å². The second-order valence-corrected chi connectivity index (χ2v) is 12.8. The van der Waals surface area contributed by atoms with Gasteiger partial charge < -0.3 is 30.3 Å². The number of imidazole rings is 1. The Bertz CT molecular complexity index is 1390. The number of fused-ring (bicyclic) bond motifs is 3. The highest BCUT2D eigenvalue weighted by Crippen LogP contribution is 2.54. The predicted octanol–water partition coefficient (Wildman–Crippen LogP) is 2.08. The van der Waals surface area contributed by atoms with E-state index in [2.05, 4.69) is 15.3 Å². The van der Waals surface area contributed by atoms with E-state index in [0.717, 1.165) is 51.4 Å². The van der Waals surface area contributed by atoms with Crippen molar-refractivity contribution in [2.24, 2.45) is 5.92 Å². The number of nitrogens with two attached hydrogens (primary N) is 1. The van der Waals surface area contributed by atoms with Crippen molar-refractivity contribution in [3.05, 3.63) is 12.2 Å². The summed E-state index contributed by atoms with van der Waals surface area (Å²) in [5.74, 6) is 1.58. The third-order valence-corrected chi connectivity index (χ3v) is 10.1. The second-order valence-electron chi connectivity index (χ2n) is 12.8. The van der Waals surface area contributed by atoms with E-state index in [4.69, 9.17) is 20.2 Å². The second kappa shape index (κ2) is 10.4. The van der Waals surface area contributed by atoms with E-state index >= 15 is 0 Å². The van der Waals surface area contributed by atoms with Gasteiger partial charge in [0.2, 0.25) is 5.91 Å². The molecule has 0 spiro atoms. The number of aryl methyl sites for hydroxylation is 1. The summed E-state index contributed by atoms with van der Waals surface area (Å²) in [5.41, 5.74) is 6.14. The molecule has 4 aliphatic heterocycles. The molecule has 0 aromatic carbocycles. The van der Waals surface area contributed by atoms with Gasteiger partial charge in [-0.05, 0) is 70.1 Å². The summed E-state index contributed by atoms with van der Waals surface area (Å²) in [6.07, 6.45) is 10.9. The number of rotatable bonds is 8. The normalized spacial score (nSPS) is 29.5. The molecule has 6 heterocycles. The highest BCUT2D eigenvalue weighted by atomic mass is 16.6. The maximum atomic E-state index is 13.0. The van der Waals surface area contributed by atoms with E-state index in [1.165, 1.54) is 0 Å². The van der Waals surface area contributed by atoms with Crippen LogP contribution in [-0.4, -0.2) is 91.7 Å². The number of nitrogens with one attached hydrogen (secondary N) is 1. The molecule has 13 heteroatoms. The molecule has 0 radical (unpaired) electrons. The molecule has 5 aliphatic rings. The molecule has 13 nitrogen and oxygen atoms in total. The standard InChI is InChI=1S/C29H40N8O5/c1-35-20(5-7-22(35)38)16-41-27(40)36-14-8-18(9-15-36)2-6-21-33-24(30)23-25(34-21)37(17-31-23)29-12-10-28(42-29,11-13-29)26(39)32-19-3-4-19/h17-20H,2-16H2,1H3,(H,32,39)(H2,30,33,34). The fourth-order valence-electron chi connectivity index (χ4n) is 7.15. The van der Waals surface area contributed by atoms with Gasteiger partial charge in [-0.1, -0.05) is 0 Å². The van der Waals surface area contributed by atoms with Crippen LogP contribution in [0.2, 0.25) is 0 Å². The Morgan fingerprint density at radius 3 is 2.57 bits per heavy atom. The maximum absolute atomic E-state index is 13.0. The molecule has 1 aliphatic carbocycles. The third kappa shape index (κ3) is 4.84. The first-order valence-electron chi connectivity index (χ1n) is 15.4. The van der Waals surface area contributed by atoms with Gasteiger partial charge in [0.1, 0.15) is 29.3 Å². The van der Waals surface area contributed by atoms with E-state index in [9.17, 15) is 14.4 Å². The summed E-state index contributed by atoms with van der Waals surface area (Å²) in [6.45, 7) is 1.54. The zero-order valence-electron chi connectivity index (χ0n) is 24.2. The molecule has 1 atom stereocenters. The number of likely N-dealkylation sites (tertiary alicyclic amines) is 2. The summed E-state index contributed by atoms with van der Waals surface area (Å²) in [5, 5.41) is 3.13. The van der Waals surface area contributed by atoms with Gasteiger partial charge in [-0.2, -0.15) is 0 Å². The number of anilines is 1. The molecule has 42 heavy (non-hydrogen) atoms. The largest absolute Gasteiger partial charge is 0.447 e. The minimum Gasteiger partial charge on any atom is -0.447 e. The number of carbonyl (C=O) groups excluding carboxylic acids is 3. The van der Waals surface area contributed by atoms with E-state index in [1.54, 1.807) is 23.2 Å². The Balaban J connectivity index is 0.953. The van der Waals surface area contributed by atoms with E-state index in [1.807, 2.05) is 4.57 Å². The highest BCUT2D eigenvalue weighted by molar-refractivity contribution is 5.87. The summed E-state index contributed by atoms with van der Waals surface area (Å²) in [6, 6.07) is 0.274. The van der Waals surface area contributed by atoms with Crippen molar-refractivity contribution in [2.45, 2.75) is 100 Å². The van der Waals surface area contributed by atoms with Gasteiger partial charge in [0.15, 0.2) is 11.5 Å². The maximum Gasteiger partial charge on any atom is 0.409 e. The smallest absolute Gasteiger partial charge is 0.409 e. The van der Waals surface area contributed by atoms with Gasteiger partial charge in [0.25, 0.3) is 5.91 Å². The van der Waals surface area contributed by atoms with Crippen molar-refractivity contribution in [1.82, 2.24) is 34.6 Å². The van der Waals surface area contributed by atoms with Crippen LogP contribution in [0, 0.1) is 5.92 Å². The minimum atomic E-state index is -0.770. The van der Waals surface area contributed by atoms with Crippen molar-refractivity contribution in [3.8, 4) is 0 Å². The topological polar surface area (TPSA) is 158 Å². The SMILES string of the molecule is CN1C(=O)CCC1COC(=O)N1CCC(CCc2nc(N)c3ncn(C45CCC(C(=O)NC6CC6)(CC4)O5)c3n2)CC1. The van der Waals surface area contributed by atoms with Gasteiger partial charge in [-0.25, -0.2) is 19.7 Å². The quantitative estimate of drug-likeness (QED) is 0.477. The molecule has 1 saturated carbocycles. The third-order valence-electron chi connectivity index (χ3n) is 10.1. The molecule has 5 fully saturated rings. The Morgan fingerprint density at radius 2 is 1.88 bits per heavy atom. The van der Waals surface area contributed by atoms with Gasteiger partial charge in [0, 0.05) is 39.0 Å². The van der Waals surface area contributed by atoms with Gasteiger partial charge in [-0.3, -0.25) is 14.2 Å². The van der Waals surface area contributed by atoms with Crippen LogP contribution in [0.5, 0.6) is 0 Å². The number of hydrogen-bond donors (Lipinski definition) is 2. The van der Waals surface area contributed by atoms with Crippen LogP contribution in [0.4, 0.5) is 10.6 Å². The molecule has 3 N–H and O–H groups in total. The average molecular weight is 581 g/mol. The first-order valence-corrected chi connectivity index (χ1v) is 15.4. The molecule has 4 saturated heterocycles. The molecule has 226 valence electrons. The predicted molar refractivity (Wildman–Crippen MR) is 151 cm³/mol. The summed E-state index contributed by atoms with van der Waals surface area (Å²) < 4.78 is 14.1. The lowest BCUT2D eigenvalue weighted by Gasteiger charge is -2.32. The number of piperidine rings is 1. The van der Waals surface area contributed by atoms with Crippen molar-refractivity contribution in [2.75, 3.05) is 32.5 Å². The Morgan fingerprint density at radius 1 is 1.12 bits per heavy atom. The zero-order valence-corrected chi connectivity index (χ0v) is 24.2. The van der Waals surface area contributed by atoms with Crippen molar-refractivity contribution in [1.29, 1.82) is 0 Å². The summed E-state index contributed by atoms with van der Waals surface area (Å²) in [7, 11) is 1.76. The van der Waals surface area contributed by atoms with Crippen LogP contribution >= 0.6 is 0 Å². The van der Waals surface area contributed by atoms with Gasteiger partial charge in [-0.15, -0.1) is 0 Å². The number of amides is 3. The zero-order chi connectivity index (χ0) is 29.1. The van der Waals surface area contributed by atoms with Crippen LogP contribution in [0.3, 0.4) is 0 Å². The van der Waals surface area contributed by atoms with E-state index in [0.29, 0.717) is 73.5 Å².